The van der Waals surface area contributed by atoms with Gasteiger partial charge >= 0.3 is 0 Å². The van der Waals surface area contributed by atoms with Crippen LogP contribution in [0, 0.1) is 0 Å². The van der Waals surface area contributed by atoms with Crippen LogP contribution in [-0.2, 0) is 0 Å². The van der Waals surface area contributed by atoms with Crippen molar-refractivity contribution in [2.24, 2.45) is 4.99 Å². The van der Waals surface area contributed by atoms with Gasteiger partial charge in [0.05, 0.1) is 13.2 Å². The summed E-state index contributed by atoms with van der Waals surface area (Å²) in [4.78, 5) is 6.88. The van der Waals surface area contributed by atoms with Crippen LogP contribution in [0.5, 0.6) is 0 Å². The highest BCUT2D eigenvalue weighted by Crippen LogP contribution is 2.12. The van der Waals surface area contributed by atoms with Crippen LogP contribution in [-0.4, -0.2) is 30.5 Å². The summed E-state index contributed by atoms with van der Waals surface area (Å²) in [5, 5.41) is 3.43. The van der Waals surface area contributed by atoms with Gasteiger partial charge < -0.3 is 10.2 Å². The molecule has 0 saturated carbocycles. The van der Waals surface area contributed by atoms with E-state index >= 15 is 0 Å². The molecule has 0 aromatic heterocycles. The second kappa shape index (κ2) is 5.57. The van der Waals surface area contributed by atoms with E-state index in [1.54, 1.807) is 0 Å². The number of aliphatic imine (C=N–C) groups is 1. The predicted molar refractivity (Wildman–Crippen MR) is 79.5 cm³/mol. The van der Waals surface area contributed by atoms with Crippen LogP contribution >= 0.6 is 0 Å². The van der Waals surface area contributed by atoms with Crippen LogP contribution in [0.2, 0.25) is 0 Å². The molecule has 0 radical (unpaired) electrons. The van der Waals surface area contributed by atoms with Gasteiger partial charge in [-0.3, -0.25) is 4.99 Å². The van der Waals surface area contributed by atoms with Crippen molar-refractivity contribution in [1.29, 1.82) is 0 Å². The summed E-state index contributed by atoms with van der Waals surface area (Å²) < 4.78 is 0. The van der Waals surface area contributed by atoms with Crippen molar-refractivity contribution in [3.05, 3.63) is 66.2 Å². The number of anilines is 1. The largest absolute Gasteiger partial charge is 0.368 e. The van der Waals surface area contributed by atoms with E-state index in [1.807, 2.05) is 24.3 Å². The van der Waals surface area contributed by atoms with Crippen LogP contribution in [0.4, 0.5) is 5.69 Å². The first-order valence-electron chi connectivity index (χ1n) is 6.57. The maximum Gasteiger partial charge on any atom is 0.132 e. The molecule has 1 aliphatic rings. The van der Waals surface area contributed by atoms with Crippen LogP contribution < -0.4 is 5.32 Å². The van der Waals surface area contributed by atoms with Crippen LogP contribution in [0.1, 0.15) is 5.56 Å². The zero-order valence-corrected chi connectivity index (χ0v) is 10.8. The number of para-hydroxylation sites is 1. The Bertz CT molecular complexity index is 549. The van der Waals surface area contributed by atoms with Crippen molar-refractivity contribution in [1.82, 2.24) is 4.90 Å². The third-order valence-corrected chi connectivity index (χ3v) is 3.21. The Kier molecular flexibility index (Phi) is 3.45. The fraction of sp³-hybridized carbons (Fsp3) is 0.188. The number of hydrogen-bond donors (Lipinski definition) is 1. The molecular formula is C16H17N3. The third-order valence-electron chi connectivity index (χ3n) is 3.21. The Balaban J connectivity index is 1.67. The lowest BCUT2D eigenvalue weighted by Crippen LogP contribution is -2.33. The van der Waals surface area contributed by atoms with Crippen molar-refractivity contribution in [3.63, 3.8) is 0 Å². The fourth-order valence-corrected chi connectivity index (χ4v) is 2.24. The van der Waals surface area contributed by atoms with Crippen molar-refractivity contribution >= 4 is 11.5 Å². The zero-order chi connectivity index (χ0) is 12.9. The molecule has 3 rings (SSSR count). The Hall–Kier alpha value is -2.29. The summed E-state index contributed by atoms with van der Waals surface area (Å²) in [5.41, 5.74) is 2.33. The molecule has 0 amide bonds. The van der Waals surface area contributed by atoms with Gasteiger partial charge in [-0.25, -0.2) is 0 Å². The van der Waals surface area contributed by atoms with E-state index in [9.17, 15) is 0 Å². The molecule has 1 heterocycles. The maximum atomic E-state index is 4.60. The molecule has 0 atom stereocenters. The van der Waals surface area contributed by atoms with E-state index < -0.39 is 0 Å². The standard InChI is InChI=1S/C16H17N3/c1-3-7-14(8-4-1)16-17-11-12-19(16)13-18-15-9-5-2-6-10-15/h1-10,18H,11-13H2. The Morgan fingerprint density at radius 3 is 2.37 bits per heavy atom. The van der Waals surface area contributed by atoms with Gasteiger partial charge in [0.1, 0.15) is 5.84 Å². The first-order valence-corrected chi connectivity index (χ1v) is 6.57. The number of benzene rings is 2. The quantitative estimate of drug-likeness (QED) is 0.905. The summed E-state index contributed by atoms with van der Waals surface area (Å²) in [6.45, 7) is 2.64. The molecule has 0 bridgehead atoms. The Labute approximate surface area is 113 Å². The van der Waals surface area contributed by atoms with Gasteiger partial charge in [0.2, 0.25) is 0 Å². The van der Waals surface area contributed by atoms with E-state index in [1.165, 1.54) is 5.56 Å². The van der Waals surface area contributed by atoms with Gasteiger partial charge in [-0.2, -0.15) is 0 Å². The normalized spacial score (nSPS) is 14.3. The molecule has 0 fully saturated rings. The maximum absolute atomic E-state index is 4.60. The lowest BCUT2D eigenvalue weighted by atomic mass is 10.2. The highest BCUT2D eigenvalue weighted by molar-refractivity contribution is 5.99. The minimum Gasteiger partial charge on any atom is -0.368 e. The van der Waals surface area contributed by atoms with Gasteiger partial charge in [-0.1, -0.05) is 48.5 Å². The molecule has 0 spiro atoms. The second-order valence-electron chi connectivity index (χ2n) is 4.54. The number of nitrogens with zero attached hydrogens (tertiary/aromatic N) is 2. The SMILES string of the molecule is c1ccc(NCN2CCN=C2c2ccccc2)cc1. The van der Waals surface area contributed by atoms with Crippen molar-refractivity contribution in [3.8, 4) is 0 Å². The number of rotatable bonds is 4. The monoisotopic (exact) mass is 251 g/mol. The summed E-state index contributed by atoms with van der Waals surface area (Å²) in [7, 11) is 0. The third kappa shape index (κ3) is 2.76. The molecule has 0 aliphatic carbocycles. The van der Waals surface area contributed by atoms with Crippen LogP contribution in [0.3, 0.4) is 0 Å². The van der Waals surface area contributed by atoms with Crippen LogP contribution in [0.15, 0.2) is 65.7 Å². The zero-order valence-electron chi connectivity index (χ0n) is 10.8. The van der Waals surface area contributed by atoms with E-state index in [2.05, 4.69) is 51.6 Å². The van der Waals surface area contributed by atoms with E-state index in [0.29, 0.717) is 0 Å². The van der Waals surface area contributed by atoms with E-state index in [4.69, 9.17) is 0 Å². The molecule has 19 heavy (non-hydrogen) atoms. The van der Waals surface area contributed by atoms with Gasteiger partial charge in [-0.15, -0.1) is 0 Å². The molecule has 2 aromatic carbocycles. The molecule has 2 aromatic rings. The molecule has 1 aliphatic heterocycles. The van der Waals surface area contributed by atoms with Crippen LogP contribution in [0.25, 0.3) is 0 Å². The summed E-state index contributed by atoms with van der Waals surface area (Å²) in [6.07, 6.45) is 0. The minimum atomic E-state index is 0.789. The first kappa shape index (κ1) is 11.8. The average Bonchev–Trinajstić information content (AvgIpc) is 2.95. The smallest absolute Gasteiger partial charge is 0.132 e. The second-order valence-corrected chi connectivity index (χ2v) is 4.54. The highest BCUT2D eigenvalue weighted by Gasteiger charge is 2.17. The van der Waals surface area contributed by atoms with Crippen molar-refractivity contribution < 1.29 is 0 Å². The highest BCUT2D eigenvalue weighted by atomic mass is 15.3. The van der Waals surface area contributed by atoms with Gasteiger partial charge in [0.15, 0.2) is 0 Å². The lowest BCUT2D eigenvalue weighted by molar-refractivity contribution is 0.490. The average molecular weight is 251 g/mol. The number of hydrogen-bond acceptors (Lipinski definition) is 3. The number of nitrogens with one attached hydrogen (secondary N) is 1. The molecular weight excluding hydrogens is 234 g/mol. The molecule has 3 nitrogen and oxygen atoms in total. The van der Waals surface area contributed by atoms with Gasteiger partial charge in [-0.05, 0) is 12.1 Å². The Morgan fingerprint density at radius 2 is 1.63 bits per heavy atom. The van der Waals surface area contributed by atoms with Crippen molar-refractivity contribution in [2.75, 3.05) is 25.1 Å². The molecule has 0 unspecified atom stereocenters. The number of amidine groups is 1. The van der Waals surface area contributed by atoms with Crippen molar-refractivity contribution in [2.45, 2.75) is 0 Å². The molecule has 96 valence electrons. The predicted octanol–water partition coefficient (Wildman–Crippen LogP) is 2.82. The van der Waals surface area contributed by atoms with E-state index in [0.717, 1.165) is 31.3 Å². The van der Waals surface area contributed by atoms with E-state index in [-0.39, 0.29) is 0 Å². The molecule has 1 N–H and O–H groups in total. The summed E-state index contributed by atoms with van der Waals surface area (Å²) in [5.74, 6) is 1.09. The Morgan fingerprint density at radius 1 is 0.947 bits per heavy atom. The first-order chi connectivity index (χ1) is 9.43. The minimum absolute atomic E-state index is 0.789. The molecule has 3 heteroatoms. The van der Waals surface area contributed by atoms with Gasteiger partial charge in [0, 0.05) is 17.8 Å². The fourth-order valence-electron chi connectivity index (χ4n) is 2.24. The summed E-state index contributed by atoms with van der Waals surface area (Å²) >= 11 is 0. The lowest BCUT2D eigenvalue weighted by Gasteiger charge is -2.21. The van der Waals surface area contributed by atoms with Gasteiger partial charge in [0.25, 0.3) is 0 Å². The topological polar surface area (TPSA) is 27.6 Å². The summed E-state index contributed by atoms with van der Waals surface area (Å²) in [6, 6.07) is 20.6. The molecule has 0 saturated heterocycles.